The number of ether oxygens (including phenoxy) is 2. The van der Waals surface area contributed by atoms with Crippen LogP contribution in [0.3, 0.4) is 0 Å². The molecule has 2 atom stereocenters. The Hall–Kier alpha value is -4.66. The predicted octanol–water partition coefficient (Wildman–Crippen LogP) is 14.9. The lowest BCUT2D eigenvalue weighted by Crippen LogP contribution is -2.31. The maximum absolute atomic E-state index is 13.1. The Morgan fingerprint density at radius 2 is 1.24 bits per heavy atom. The van der Waals surface area contributed by atoms with Gasteiger partial charge in [-0.2, -0.15) is 0 Å². The molecule has 0 heterocycles. The minimum absolute atomic E-state index is 0.00863. The summed E-state index contributed by atoms with van der Waals surface area (Å²) >= 11 is 5.60. The quantitative estimate of drug-likeness (QED) is 0.0162. The normalized spacial score (nSPS) is 14.0. The van der Waals surface area contributed by atoms with E-state index in [1.807, 2.05) is 49.8 Å². The van der Waals surface area contributed by atoms with E-state index in [2.05, 4.69) is 48.8 Å². The third-order valence-corrected chi connectivity index (χ3v) is 15.9. The van der Waals surface area contributed by atoms with Crippen LogP contribution in [-0.2, 0) is 39.1 Å². The maximum Gasteiger partial charge on any atom is 0.472 e. The highest BCUT2D eigenvalue weighted by Crippen LogP contribution is 2.44. The Labute approximate surface area is 479 Å². The van der Waals surface area contributed by atoms with Gasteiger partial charge in [0.1, 0.15) is 20.7 Å². The standard InChI is InChI=1S/C63H97N4O10PS/c1-7-9-11-13-15-17-19-21-23-25-27-29-31-33-59(68)74-47-54(77-60(69)34-32-30-28-26-24-22-20-18-16-14-12-10-8-2)48-76-78(72,73)75-42-41-64-63(79)65-51-35-38-57(62(70)71)58(46-51)61-55-39-36-52(66(3)4)44-49(55)43-50-45-53(67(5)6)37-40-56(50)61/h35-40,44-46,54H,7-34,41-43,47-48H2,1-6H3,(H3-,64,65,70,71,72,73,79)/p+1/t54-/m1/s1. The van der Waals surface area contributed by atoms with E-state index in [0.717, 1.165) is 77.8 Å². The second kappa shape index (κ2) is 38.1. The number of unbranched alkanes of at least 4 members (excludes halogenated alkanes) is 24. The van der Waals surface area contributed by atoms with Crippen molar-refractivity contribution in [2.75, 3.05) is 64.8 Å². The number of fused-ring (bicyclic) bond motifs is 2. The SMILES string of the molecule is CCCCCCCCCCCCCCCC(=O)OC[C@H](COP(=O)(O)OCCNC(=S)Nc1ccc(C(=O)O)c(C2=C3C=CC(=[N+](C)C)C=C3Cc3cc(N(C)C)ccc32)c1)OC(=O)CCCCCCCCCCCCCCC. The van der Waals surface area contributed by atoms with Crippen LogP contribution in [0.1, 0.15) is 221 Å². The minimum Gasteiger partial charge on any atom is -0.478 e. The number of carbonyl (C=O) groups excluding carboxylic acids is 2. The summed E-state index contributed by atoms with van der Waals surface area (Å²) in [4.78, 5) is 51.3. The van der Waals surface area contributed by atoms with Gasteiger partial charge in [-0.05, 0) is 101 Å². The van der Waals surface area contributed by atoms with Crippen molar-refractivity contribution >= 4 is 65.7 Å². The van der Waals surface area contributed by atoms with E-state index in [9.17, 15) is 28.9 Å². The molecule has 0 spiro atoms. The van der Waals surface area contributed by atoms with Crippen molar-refractivity contribution in [2.24, 2.45) is 0 Å². The lowest BCUT2D eigenvalue weighted by Gasteiger charge is -2.28. The summed E-state index contributed by atoms with van der Waals surface area (Å²) in [6, 6.07) is 11.2. The van der Waals surface area contributed by atoms with E-state index >= 15 is 0 Å². The molecule has 4 rings (SSSR count). The van der Waals surface area contributed by atoms with Gasteiger partial charge in [-0.3, -0.25) is 18.6 Å². The number of carbonyl (C=O) groups is 3. The number of rotatable bonds is 42. The number of carboxylic acids is 1. The first kappa shape index (κ1) is 66.8. The second-order valence-electron chi connectivity index (χ2n) is 21.8. The molecule has 79 heavy (non-hydrogen) atoms. The molecule has 2 aromatic rings. The molecule has 14 nitrogen and oxygen atoms in total. The van der Waals surface area contributed by atoms with Crippen molar-refractivity contribution in [3.8, 4) is 0 Å². The number of phosphoric ester groups is 1. The zero-order valence-electron chi connectivity index (χ0n) is 49.0. The minimum atomic E-state index is -4.67. The van der Waals surface area contributed by atoms with Crippen molar-refractivity contribution in [1.82, 2.24) is 5.32 Å². The first-order valence-corrected chi connectivity index (χ1v) is 31.9. The molecule has 2 aromatic carbocycles. The number of benzene rings is 2. The summed E-state index contributed by atoms with van der Waals surface area (Å²) in [5.41, 5.74) is 8.11. The topological polar surface area (TPSA) is 176 Å². The molecule has 0 saturated heterocycles. The van der Waals surface area contributed by atoms with Crippen molar-refractivity contribution in [3.63, 3.8) is 0 Å². The fourth-order valence-corrected chi connectivity index (χ4v) is 11.0. The average Bonchev–Trinajstić information content (AvgIpc) is 3.62. The smallest absolute Gasteiger partial charge is 0.472 e. The molecule has 0 radical (unpaired) electrons. The average molecular weight is 1130 g/mol. The number of allylic oxidation sites excluding steroid dienone is 5. The maximum atomic E-state index is 13.1. The fourth-order valence-electron chi connectivity index (χ4n) is 10.1. The van der Waals surface area contributed by atoms with E-state index in [4.69, 9.17) is 30.7 Å². The fraction of sp³-hybridized carbons (Fsp3) is 0.635. The van der Waals surface area contributed by atoms with Gasteiger partial charge in [-0.1, -0.05) is 174 Å². The van der Waals surface area contributed by atoms with Gasteiger partial charge in [0.05, 0.1) is 18.8 Å². The van der Waals surface area contributed by atoms with E-state index in [1.165, 1.54) is 116 Å². The van der Waals surface area contributed by atoms with Gasteiger partial charge < -0.3 is 35.0 Å². The lowest BCUT2D eigenvalue weighted by atomic mass is 9.76. The molecule has 440 valence electrons. The molecule has 4 N–H and O–H groups in total. The Bertz CT molecular complexity index is 2390. The summed E-state index contributed by atoms with van der Waals surface area (Å²) < 4.78 is 36.9. The Morgan fingerprint density at radius 3 is 1.77 bits per heavy atom. The number of anilines is 2. The zero-order valence-corrected chi connectivity index (χ0v) is 50.7. The van der Waals surface area contributed by atoms with Crippen LogP contribution < -0.4 is 15.5 Å². The van der Waals surface area contributed by atoms with Crippen LogP contribution >= 0.6 is 20.0 Å². The van der Waals surface area contributed by atoms with Gasteiger partial charge in [-0.15, -0.1) is 0 Å². The zero-order chi connectivity index (χ0) is 57.3. The molecule has 2 aliphatic rings. The number of hydrogen-bond acceptors (Lipinski definition) is 10. The second-order valence-corrected chi connectivity index (χ2v) is 23.7. The highest BCUT2D eigenvalue weighted by atomic mass is 32.1. The van der Waals surface area contributed by atoms with E-state index < -0.39 is 38.4 Å². The van der Waals surface area contributed by atoms with Crippen LogP contribution in [0, 0.1) is 0 Å². The number of carboxylic acid groups (broad SMARTS) is 1. The molecule has 0 bridgehead atoms. The van der Waals surface area contributed by atoms with Crippen LogP contribution in [0.15, 0.2) is 65.8 Å². The number of phosphoric acid groups is 1. The van der Waals surface area contributed by atoms with Gasteiger partial charge in [-0.25, -0.2) is 13.9 Å². The summed E-state index contributed by atoms with van der Waals surface area (Å²) in [5.74, 6) is -1.98. The van der Waals surface area contributed by atoms with Crippen molar-refractivity contribution < 1.29 is 52.0 Å². The monoisotopic (exact) mass is 1130 g/mol. The van der Waals surface area contributed by atoms with Gasteiger partial charge in [0, 0.05) is 57.0 Å². The summed E-state index contributed by atoms with van der Waals surface area (Å²) in [6.45, 7) is 3.37. The summed E-state index contributed by atoms with van der Waals surface area (Å²) in [6.07, 6.45) is 37.1. The molecule has 16 heteroatoms. The van der Waals surface area contributed by atoms with Gasteiger partial charge in [0.15, 0.2) is 16.9 Å². The molecule has 0 aromatic heterocycles. The van der Waals surface area contributed by atoms with E-state index in [0.29, 0.717) is 30.5 Å². The molecule has 0 aliphatic heterocycles. The molecular weight excluding hydrogens is 1040 g/mol. The van der Waals surface area contributed by atoms with Crippen LogP contribution in [0.25, 0.3) is 5.57 Å². The largest absolute Gasteiger partial charge is 0.478 e. The van der Waals surface area contributed by atoms with Gasteiger partial charge in [0.25, 0.3) is 0 Å². The Kier molecular flexibility index (Phi) is 32.3. The first-order valence-electron chi connectivity index (χ1n) is 30.0. The van der Waals surface area contributed by atoms with Crippen molar-refractivity contribution in [1.29, 1.82) is 0 Å². The number of hydrogen-bond donors (Lipinski definition) is 4. The van der Waals surface area contributed by atoms with Gasteiger partial charge >= 0.3 is 25.7 Å². The molecule has 0 amide bonds. The Balaban J connectivity index is 1.27. The Morgan fingerprint density at radius 1 is 0.696 bits per heavy atom. The summed E-state index contributed by atoms with van der Waals surface area (Å²) in [5, 5.41) is 16.7. The van der Waals surface area contributed by atoms with Crippen LogP contribution in [0.2, 0.25) is 0 Å². The number of aromatic carboxylic acids is 1. The number of nitrogens with one attached hydrogen (secondary N) is 2. The number of nitrogens with zero attached hydrogens (tertiary/aromatic N) is 2. The molecule has 0 fully saturated rings. The van der Waals surface area contributed by atoms with Crippen LogP contribution in [0.4, 0.5) is 11.4 Å². The first-order chi connectivity index (χ1) is 38.1. The van der Waals surface area contributed by atoms with Crippen LogP contribution in [-0.4, -0.2) is 104 Å². The third-order valence-electron chi connectivity index (χ3n) is 14.7. The highest BCUT2D eigenvalue weighted by molar-refractivity contribution is 7.80. The molecule has 1 unspecified atom stereocenters. The molecular formula is C63H98N4O10PS+. The van der Waals surface area contributed by atoms with E-state index in [-0.39, 0.29) is 43.3 Å². The number of thiocarbonyl (C=S) groups is 1. The predicted molar refractivity (Wildman–Crippen MR) is 326 cm³/mol. The van der Waals surface area contributed by atoms with E-state index in [1.54, 1.807) is 18.2 Å². The number of esters is 2. The molecule has 2 aliphatic carbocycles. The summed E-state index contributed by atoms with van der Waals surface area (Å²) in [7, 11) is 3.30. The highest BCUT2D eigenvalue weighted by Gasteiger charge is 2.30. The third kappa shape index (κ3) is 26.2. The van der Waals surface area contributed by atoms with Crippen LogP contribution in [0.5, 0.6) is 0 Å². The van der Waals surface area contributed by atoms with Gasteiger partial charge in [0.2, 0.25) is 0 Å². The van der Waals surface area contributed by atoms with Crippen molar-refractivity contribution in [2.45, 2.75) is 206 Å². The lowest BCUT2D eigenvalue weighted by molar-refractivity contribution is -0.462. The molecule has 0 saturated carbocycles. The van der Waals surface area contributed by atoms with Crippen molar-refractivity contribution in [3.05, 3.63) is 88.0 Å².